The van der Waals surface area contributed by atoms with Crippen LogP contribution >= 0.6 is 0 Å². The van der Waals surface area contributed by atoms with Crippen LogP contribution in [0.4, 0.5) is 0 Å². The first-order valence-corrected chi connectivity index (χ1v) is 8.39. The second kappa shape index (κ2) is 7.45. The molecule has 0 heterocycles. The van der Waals surface area contributed by atoms with Crippen LogP contribution in [0.15, 0.2) is 59.7 Å². The van der Waals surface area contributed by atoms with E-state index in [1.165, 1.54) is 0 Å². The maximum Gasteiger partial charge on any atom is 0.231 e. The van der Waals surface area contributed by atoms with Crippen LogP contribution < -0.4 is 27.2 Å². The summed E-state index contributed by atoms with van der Waals surface area (Å²) in [7, 11) is 1.62. The summed E-state index contributed by atoms with van der Waals surface area (Å²) < 4.78 is 5.19. The van der Waals surface area contributed by atoms with E-state index in [2.05, 4.69) is 15.8 Å². The number of benzene rings is 2. The van der Waals surface area contributed by atoms with Gasteiger partial charge in [0.2, 0.25) is 5.91 Å². The molecule has 0 aromatic heterocycles. The molecule has 1 aliphatic rings. The Labute approximate surface area is 152 Å². The van der Waals surface area contributed by atoms with Gasteiger partial charge in [-0.15, -0.1) is 0 Å². The van der Waals surface area contributed by atoms with Crippen molar-refractivity contribution in [2.45, 2.75) is 24.3 Å². The molecule has 136 valence electrons. The van der Waals surface area contributed by atoms with Gasteiger partial charge < -0.3 is 21.3 Å². The fraction of sp³-hybridized carbons (Fsp3) is 0.263. The van der Waals surface area contributed by atoms with Crippen molar-refractivity contribution in [1.82, 2.24) is 10.7 Å². The Morgan fingerprint density at radius 1 is 1.15 bits per heavy atom. The smallest absolute Gasteiger partial charge is 0.231 e. The number of hydrazine groups is 1. The molecule has 0 aliphatic heterocycles. The van der Waals surface area contributed by atoms with E-state index in [1.54, 1.807) is 7.11 Å². The van der Waals surface area contributed by atoms with Crippen molar-refractivity contribution in [2.24, 2.45) is 16.8 Å². The molecule has 1 unspecified atom stereocenters. The van der Waals surface area contributed by atoms with Crippen LogP contribution in [0.25, 0.3) is 0 Å². The van der Waals surface area contributed by atoms with E-state index in [0.717, 1.165) is 29.7 Å². The van der Waals surface area contributed by atoms with Gasteiger partial charge in [0.15, 0.2) is 5.84 Å². The highest BCUT2D eigenvalue weighted by atomic mass is 16.5. The molecule has 26 heavy (non-hydrogen) atoms. The lowest BCUT2D eigenvalue weighted by atomic mass is 9.94. The van der Waals surface area contributed by atoms with Crippen LogP contribution in [0.2, 0.25) is 0 Å². The highest BCUT2D eigenvalue weighted by Gasteiger charge is 2.51. The minimum atomic E-state index is -0.547. The molecule has 3 rings (SSSR count). The van der Waals surface area contributed by atoms with Gasteiger partial charge in [0.05, 0.1) is 12.5 Å². The van der Waals surface area contributed by atoms with E-state index >= 15 is 0 Å². The highest BCUT2D eigenvalue weighted by molar-refractivity contribution is 5.97. The van der Waals surface area contributed by atoms with Crippen LogP contribution in [-0.2, 0) is 10.2 Å². The SMILES string of the molecule is COc1ccc(C2(C(=O)NC(/C(=N/N)NN)c3ccccc3)CC2)cc1. The van der Waals surface area contributed by atoms with E-state index in [0.29, 0.717) is 0 Å². The summed E-state index contributed by atoms with van der Waals surface area (Å²) in [6.07, 6.45) is 1.58. The summed E-state index contributed by atoms with van der Waals surface area (Å²) in [6.45, 7) is 0. The molecule has 6 N–H and O–H groups in total. The van der Waals surface area contributed by atoms with Crippen LogP contribution in [0.5, 0.6) is 5.75 Å². The van der Waals surface area contributed by atoms with Gasteiger partial charge in [0.1, 0.15) is 11.8 Å². The average Bonchev–Trinajstić information content (AvgIpc) is 3.51. The summed E-state index contributed by atoms with van der Waals surface area (Å²) in [4.78, 5) is 13.1. The van der Waals surface area contributed by atoms with E-state index in [-0.39, 0.29) is 11.7 Å². The van der Waals surface area contributed by atoms with Crippen molar-refractivity contribution >= 4 is 11.7 Å². The second-order valence-electron chi connectivity index (χ2n) is 6.29. The molecule has 7 heteroatoms. The first-order valence-electron chi connectivity index (χ1n) is 8.39. The first kappa shape index (κ1) is 17.8. The zero-order valence-corrected chi connectivity index (χ0v) is 14.6. The van der Waals surface area contributed by atoms with Crippen molar-refractivity contribution < 1.29 is 9.53 Å². The number of carbonyl (C=O) groups excluding carboxylic acids is 1. The zero-order chi connectivity index (χ0) is 18.6. The van der Waals surface area contributed by atoms with Crippen molar-refractivity contribution in [2.75, 3.05) is 7.11 Å². The molecular weight excluding hydrogens is 330 g/mol. The molecule has 2 aromatic rings. The Morgan fingerprint density at radius 2 is 1.81 bits per heavy atom. The molecule has 0 spiro atoms. The first-order chi connectivity index (χ1) is 12.6. The molecule has 1 amide bonds. The van der Waals surface area contributed by atoms with E-state index in [4.69, 9.17) is 16.4 Å². The fourth-order valence-corrected chi connectivity index (χ4v) is 3.10. The minimum Gasteiger partial charge on any atom is -0.497 e. The Bertz CT molecular complexity index is 785. The largest absolute Gasteiger partial charge is 0.497 e. The predicted molar refractivity (Wildman–Crippen MR) is 100 cm³/mol. The Morgan fingerprint density at radius 3 is 2.31 bits per heavy atom. The standard InChI is InChI=1S/C19H23N5O2/c1-26-15-9-7-14(8-10-15)19(11-12-19)18(25)22-16(17(23-20)24-21)13-5-3-2-4-6-13/h2-10,16H,11-12,20-21H2,1H3,(H,22,25)(H,23,24). The normalized spacial score (nSPS) is 16.5. The van der Waals surface area contributed by atoms with Gasteiger partial charge in [-0.2, -0.15) is 5.10 Å². The van der Waals surface area contributed by atoms with Gasteiger partial charge in [-0.1, -0.05) is 42.5 Å². The number of hydrazone groups is 1. The third-order valence-electron chi connectivity index (χ3n) is 4.80. The van der Waals surface area contributed by atoms with Gasteiger partial charge in [0.25, 0.3) is 0 Å². The summed E-state index contributed by atoms with van der Waals surface area (Å²) >= 11 is 0. The Balaban J connectivity index is 1.85. The maximum absolute atomic E-state index is 13.1. The highest BCUT2D eigenvalue weighted by Crippen LogP contribution is 2.49. The monoisotopic (exact) mass is 353 g/mol. The number of carbonyl (C=O) groups is 1. The lowest BCUT2D eigenvalue weighted by molar-refractivity contribution is -0.124. The summed E-state index contributed by atoms with van der Waals surface area (Å²) in [5.74, 6) is 12.0. The number of hydrogen-bond donors (Lipinski definition) is 4. The Kier molecular flexibility index (Phi) is 5.09. The lowest BCUT2D eigenvalue weighted by Gasteiger charge is -2.24. The van der Waals surface area contributed by atoms with Crippen LogP contribution in [-0.4, -0.2) is 18.9 Å². The number of amidine groups is 1. The van der Waals surface area contributed by atoms with Crippen molar-refractivity contribution in [3.8, 4) is 5.75 Å². The molecule has 1 aliphatic carbocycles. The van der Waals surface area contributed by atoms with E-state index in [1.807, 2.05) is 54.6 Å². The number of methoxy groups -OCH3 is 1. The van der Waals surface area contributed by atoms with Crippen molar-refractivity contribution in [3.63, 3.8) is 0 Å². The average molecular weight is 353 g/mol. The number of nitrogens with one attached hydrogen (secondary N) is 2. The van der Waals surface area contributed by atoms with Crippen LogP contribution in [0, 0.1) is 0 Å². The molecule has 0 radical (unpaired) electrons. The zero-order valence-electron chi connectivity index (χ0n) is 14.6. The van der Waals surface area contributed by atoms with E-state index in [9.17, 15) is 4.79 Å². The molecule has 0 bridgehead atoms. The lowest BCUT2D eigenvalue weighted by Crippen LogP contribution is -2.46. The number of nitrogens with zero attached hydrogens (tertiary/aromatic N) is 1. The molecule has 7 nitrogen and oxygen atoms in total. The molecule has 2 aromatic carbocycles. The van der Waals surface area contributed by atoms with Gasteiger partial charge in [0, 0.05) is 0 Å². The molecule has 1 atom stereocenters. The summed E-state index contributed by atoms with van der Waals surface area (Å²) in [5.41, 5.74) is 3.75. The Hall–Kier alpha value is -3.06. The topological polar surface area (TPSA) is 115 Å². The number of amides is 1. The number of rotatable bonds is 6. The maximum atomic E-state index is 13.1. The summed E-state index contributed by atoms with van der Waals surface area (Å²) in [5, 5.41) is 6.73. The van der Waals surface area contributed by atoms with Crippen LogP contribution in [0.3, 0.4) is 0 Å². The van der Waals surface area contributed by atoms with Gasteiger partial charge in [-0.25, -0.2) is 5.84 Å². The van der Waals surface area contributed by atoms with Crippen molar-refractivity contribution in [1.29, 1.82) is 0 Å². The van der Waals surface area contributed by atoms with Gasteiger partial charge in [-0.05, 0) is 36.1 Å². The fourth-order valence-electron chi connectivity index (χ4n) is 3.10. The minimum absolute atomic E-state index is 0.0760. The van der Waals surface area contributed by atoms with Gasteiger partial charge >= 0.3 is 0 Å². The summed E-state index contributed by atoms with van der Waals surface area (Å²) in [6, 6.07) is 16.5. The third-order valence-corrected chi connectivity index (χ3v) is 4.80. The molecule has 1 fully saturated rings. The quantitative estimate of drug-likeness (QED) is 0.271. The van der Waals surface area contributed by atoms with Crippen LogP contribution in [0.1, 0.15) is 30.0 Å². The molecule has 1 saturated carbocycles. The number of hydrogen-bond acceptors (Lipinski definition) is 5. The predicted octanol–water partition coefficient (Wildman–Crippen LogP) is 1.32. The third kappa shape index (κ3) is 3.34. The van der Waals surface area contributed by atoms with Gasteiger partial charge in [-0.3, -0.25) is 4.79 Å². The van der Waals surface area contributed by atoms with Crippen molar-refractivity contribution in [3.05, 3.63) is 65.7 Å². The number of nitrogens with two attached hydrogens (primary N) is 2. The van der Waals surface area contributed by atoms with E-state index < -0.39 is 11.5 Å². The molecule has 0 saturated heterocycles. The second-order valence-corrected chi connectivity index (χ2v) is 6.29. The number of ether oxygens (including phenoxy) is 1. The molecular formula is C19H23N5O2.